The van der Waals surface area contributed by atoms with Crippen molar-refractivity contribution in [3.63, 3.8) is 0 Å². The number of carboxylic acid groups (broad SMARTS) is 2. The first-order valence-electron chi connectivity index (χ1n) is 7.31. The van der Waals surface area contributed by atoms with Gasteiger partial charge in [-0.2, -0.15) is 5.10 Å². The van der Waals surface area contributed by atoms with E-state index in [2.05, 4.69) is 15.5 Å². The molecule has 0 aliphatic heterocycles. The van der Waals surface area contributed by atoms with Gasteiger partial charge in [-0.15, -0.1) is 0 Å². The number of hydrogen-bond donors (Lipinski definition) is 2. The van der Waals surface area contributed by atoms with Gasteiger partial charge < -0.3 is 24.9 Å². The number of carboxylic acids is 2. The van der Waals surface area contributed by atoms with Crippen molar-refractivity contribution >= 4 is 47.3 Å². The van der Waals surface area contributed by atoms with Gasteiger partial charge in [-0.1, -0.05) is 23.2 Å². The fourth-order valence-corrected chi connectivity index (χ4v) is 1.92. The molecule has 0 unspecified atom stereocenters. The van der Waals surface area contributed by atoms with Crippen molar-refractivity contribution in [2.75, 3.05) is 0 Å². The van der Waals surface area contributed by atoms with E-state index in [4.69, 9.17) is 43.0 Å². The number of carbonyl (C=O) groups is 3. The fraction of sp³-hybridized carbons (Fsp3) is 0.118. The van der Waals surface area contributed by atoms with Crippen molar-refractivity contribution in [2.24, 2.45) is 5.10 Å². The number of nitrogens with one attached hydrogen (secondary N) is 1. The number of hydrazone groups is 1. The van der Waals surface area contributed by atoms with Crippen LogP contribution in [0.1, 0.15) is 29.8 Å². The number of amides is 1. The normalized spacial score (nSPS) is 9.10. The molecule has 1 aromatic carbocycles. The van der Waals surface area contributed by atoms with E-state index in [9.17, 15) is 9.90 Å². The van der Waals surface area contributed by atoms with Crippen molar-refractivity contribution in [3.8, 4) is 5.75 Å². The third-order valence-electron chi connectivity index (χ3n) is 2.37. The number of rotatable bonds is 3. The summed E-state index contributed by atoms with van der Waals surface area (Å²) in [5.41, 5.74) is 3.04. The summed E-state index contributed by atoms with van der Waals surface area (Å²) >= 11 is 11.6. The van der Waals surface area contributed by atoms with Crippen LogP contribution in [0.4, 0.5) is 0 Å². The monoisotopic (exact) mass is 485 g/mol. The third kappa shape index (κ3) is 14.0. The molecule has 0 fully saturated rings. The number of phenols is 1. The predicted molar refractivity (Wildman–Crippen MR) is 98.8 cm³/mol. The van der Waals surface area contributed by atoms with Gasteiger partial charge in [0.1, 0.15) is 5.75 Å². The number of aromatic hydroxyl groups is 1. The van der Waals surface area contributed by atoms with Crippen molar-refractivity contribution in [1.29, 1.82) is 0 Å². The summed E-state index contributed by atoms with van der Waals surface area (Å²) in [7, 11) is 0. The number of pyridine rings is 1. The maximum absolute atomic E-state index is 11.7. The van der Waals surface area contributed by atoms with Crippen LogP contribution in [0.2, 0.25) is 10.0 Å². The second-order valence-electron chi connectivity index (χ2n) is 4.74. The molecule has 0 aliphatic carbocycles. The first kappa shape index (κ1) is 28.5. The van der Waals surface area contributed by atoms with E-state index in [0.717, 1.165) is 13.8 Å². The number of halogens is 2. The Morgan fingerprint density at radius 1 is 1.10 bits per heavy atom. The van der Waals surface area contributed by atoms with Crippen LogP contribution >= 0.6 is 23.2 Å². The predicted octanol–water partition coefficient (Wildman–Crippen LogP) is 0.368. The molecular weight excluding hydrogens is 472 g/mol. The minimum absolute atomic E-state index is 0. The number of phenolic OH excluding ortho intramolecular Hbond substituents is 1. The van der Waals surface area contributed by atoms with Crippen LogP contribution in [0.25, 0.3) is 0 Å². The van der Waals surface area contributed by atoms with Gasteiger partial charge in [0.25, 0.3) is 5.91 Å². The summed E-state index contributed by atoms with van der Waals surface area (Å²) in [4.78, 5) is 33.3. The summed E-state index contributed by atoms with van der Waals surface area (Å²) in [5.74, 6) is -2.71. The van der Waals surface area contributed by atoms with Crippen molar-refractivity contribution in [3.05, 3.63) is 57.8 Å². The Balaban J connectivity index is 0. The molecule has 0 atom stereocenters. The molecule has 2 aromatic rings. The summed E-state index contributed by atoms with van der Waals surface area (Å²) in [6, 6.07) is 5.99. The van der Waals surface area contributed by atoms with Crippen molar-refractivity contribution in [1.82, 2.24) is 10.4 Å². The Kier molecular flexibility index (Phi) is 15.0. The smallest absolute Gasteiger partial charge is 0.550 e. The molecule has 9 nitrogen and oxygen atoms in total. The van der Waals surface area contributed by atoms with Crippen LogP contribution in [0.5, 0.6) is 5.75 Å². The molecule has 158 valence electrons. The van der Waals surface area contributed by atoms with Crippen molar-refractivity contribution < 1.29 is 46.2 Å². The number of hydrogen-bond acceptors (Lipinski definition) is 8. The quantitative estimate of drug-likeness (QED) is 0.360. The Hall–Kier alpha value is -2.68. The fourth-order valence-electron chi connectivity index (χ4n) is 1.41. The molecular formula is C17H15Cl2N3NiO6. The number of nitrogens with zero attached hydrogens (tertiary/aromatic N) is 2. The van der Waals surface area contributed by atoms with Gasteiger partial charge in [0, 0.05) is 40.5 Å². The Labute approximate surface area is 186 Å². The average molecular weight is 487 g/mol. The topological polar surface area (TPSA) is 155 Å². The molecule has 0 radical (unpaired) electrons. The second kappa shape index (κ2) is 15.3. The third-order valence-corrected chi connectivity index (χ3v) is 2.88. The van der Waals surface area contributed by atoms with Crippen LogP contribution in [0, 0.1) is 0 Å². The van der Waals surface area contributed by atoms with Gasteiger partial charge in [0.05, 0.1) is 11.2 Å². The SMILES string of the molecule is CC(=O)[O-].CC(=O)[O-].O=C(N/N=C/c1cc(Cl)cc(Cl)c1O)c1ccncc1.[Ni+2]. The molecule has 0 aliphatic rings. The van der Waals surface area contributed by atoms with Gasteiger partial charge in [-0.25, -0.2) is 5.43 Å². The number of benzene rings is 1. The first-order valence-corrected chi connectivity index (χ1v) is 8.06. The molecule has 0 saturated carbocycles. The molecule has 2 N–H and O–H groups in total. The van der Waals surface area contributed by atoms with Crippen LogP contribution in [0.3, 0.4) is 0 Å². The minimum atomic E-state index is -1.08. The molecule has 2 rings (SSSR count). The maximum atomic E-state index is 11.7. The van der Waals surface area contributed by atoms with E-state index in [0.29, 0.717) is 16.1 Å². The Bertz CT molecular complexity index is 831. The van der Waals surface area contributed by atoms with Gasteiger partial charge >= 0.3 is 16.5 Å². The molecule has 1 amide bonds. The van der Waals surface area contributed by atoms with Crippen LogP contribution < -0.4 is 15.6 Å². The van der Waals surface area contributed by atoms with E-state index in [1.54, 1.807) is 12.1 Å². The van der Waals surface area contributed by atoms with E-state index in [-0.39, 0.29) is 27.3 Å². The number of aromatic nitrogens is 1. The summed E-state index contributed by atoms with van der Waals surface area (Å²) < 4.78 is 0. The van der Waals surface area contributed by atoms with E-state index in [1.807, 2.05) is 0 Å². The summed E-state index contributed by atoms with van der Waals surface area (Å²) in [6.45, 7) is 1.94. The molecule has 0 spiro atoms. The second-order valence-corrected chi connectivity index (χ2v) is 5.59. The van der Waals surface area contributed by atoms with Crippen LogP contribution in [0.15, 0.2) is 41.8 Å². The van der Waals surface area contributed by atoms with Gasteiger partial charge in [0.15, 0.2) is 0 Å². The van der Waals surface area contributed by atoms with Crippen LogP contribution in [-0.4, -0.2) is 34.2 Å². The molecule has 1 aromatic heterocycles. The van der Waals surface area contributed by atoms with E-state index < -0.39 is 17.8 Å². The maximum Gasteiger partial charge on any atom is 2.00 e. The molecule has 0 bridgehead atoms. The zero-order chi connectivity index (χ0) is 21.7. The van der Waals surface area contributed by atoms with Gasteiger partial charge in [0.2, 0.25) is 0 Å². The van der Waals surface area contributed by atoms with Gasteiger partial charge in [-0.05, 0) is 38.1 Å². The zero-order valence-corrected chi connectivity index (χ0v) is 17.5. The number of carbonyl (C=O) groups excluding carboxylic acids is 3. The van der Waals surface area contributed by atoms with Crippen molar-refractivity contribution in [2.45, 2.75) is 13.8 Å². The largest absolute Gasteiger partial charge is 2.00 e. The van der Waals surface area contributed by atoms with Crippen LogP contribution in [-0.2, 0) is 26.1 Å². The summed E-state index contributed by atoms with van der Waals surface area (Å²) in [6.07, 6.45) is 4.26. The average Bonchev–Trinajstić information content (AvgIpc) is 2.58. The minimum Gasteiger partial charge on any atom is -0.550 e. The standard InChI is InChI=1S/C13H9Cl2N3O2.2C2H4O2.Ni/c14-10-5-9(12(19)11(15)6-10)7-17-18-13(20)8-1-3-16-4-2-8;2*1-2(3)4;/h1-7,19H,(H,18,20);2*1H3,(H,3,4);/q;;;+2/p-2/b17-7+;;;. The summed E-state index contributed by atoms with van der Waals surface area (Å²) in [5, 5.41) is 31.7. The molecule has 0 saturated heterocycles. The van der Waals surface area contributed by atoms with Gasteiger partial charge in [-0.3, -0.25) is 9.78 Å². The molecule has 12 heteroatoms. The Morgan fingerprint density at radius 2 is 1.59 bits per heavy atom. The molecule has 1 heterocycles. The number of aliphatic carboxylic acids is 2. The zero-order valence-electron chi connectivity index (χ0n) is 15.0. The van der Waals surface area contributed by atoms with E-state index in [1.165, 1.54) is 30.7 Å². The Morgan fingerprint density at radius 3 is 2.07 bits per heavy atom. The molecule has 29 heavy (non-hydrogen) atoms. The first-order chi connectivity index (χ1) is 13.0. The van der Waals surface area contributed by atoms with E-state index >= 15 is 0 Å².